The van der Waals surface area contributed by atoms with E-state index >= 15 is 0 Å². The van der Waals surface area contributed by atoms with Crippen molar-refractivity contribution in [1.29, 1.82) is 0 Å². The molecule has 1 fully saturated rings. The smallest absolute Gasteiger partial charge is 0.353 e. The second-order valence-corrected chi connectivity index (χ2v) is 7.98. The van der Waals surface area contributed by atoms with Gasteiger partial charge in [0.15, 0.2) is 6.23 Å². The van der Waals surface area contributed by atoms with Crippen molar-refractivity contribution in [2.24, 2.45) is 0 Å². The molecule has 1 saturated heterocycles. The molecule has 25 heavy (non-hydrogen) atoms. The summed E-state index contributed by atoms with van der Waals surface area (Å²) in [6.45, 7) is 1.95. The molecule has 0 saturated carbocycles. The Morgan fingerprint density at radius 1 is 1.24 bits per heavy atom. The highest BCUT2D eigenvalue weighted by atomic mass is 35.5. The number of alkyl halides is 4. The molecule has 0 unspecified atom stereocenters. The zero-order valence-corrected chi connectivity index (χ0v) is 14.4. The minimum atomic E-state index is -4.99. The second kappa shape index (κ2) is 6.26. The summed E-state index contributed by atoms with van der Waals surface area (Å²) in [5, 5.41) is 5.07. The van der Waals surface area contributed by atoms with Crippen LogP contribution in [0.3, 0.4) is 0 Å². The number of nitrogens with zero attached hydrogens (tertiary/aromatic N) is 3. The molecule has 1 aliphatic heterocycles. The molecule has 6 nitrogen and oxygen atoms in total. The topological polar surface area (TPSA) is 74.1 Å². The van der Waals surface area contributed by atoms with Crippen LogP contribution in [-0.4, -0.2) is 35.4 Å². The third-order valence-corrected chi connectivity index (χ3v) is 5.78. The molecule has 2 aromatic rings. The summed E-state index contributed by atoms with van der Waals surface area (Å²) in [6.07, 6.45) is -5.65. The molecule has 0 spiro atoms. The highest BCUT2D eigenvalue weighted by molar-refractivity contribution is 7.91. The third kappa shape index (κ3) is 3.38. The van der Waals surface area contributed by atoms with Crippen LogP contribution in [0.25, 0.3) is 0 Å². The van der Waals surface area contributed by atoms with Gasteiger partial charge in [-0.2, -0.15) is 18.0 Å². The van der Waals surface area contributed by atoms with Crippen LogP contribution >= 0.6 is 11.6 Å². The molecule has 1 aliphatic rings. The summed E-state index contributed by atoms with van der Waals surface area (Å²) in [5.74, 6) is 0. The molecular formula is C14H13ClF3N3O3S. The lowest BCUT2D eigenvalue weighted by Crippen LogP contribution is -2.19. The minimum absolute atomic E-state index is 0.224. The molecule has 0 N–H and O–H groups in total. The average Bonchev–Trinajstić information content (AvgIpc) is 3.13. The van der Waals surface area contributed by atoms with Crippen molar-refractivity contribution in [2.45, 2.75) is 41.0 Å². The second-order valence-electron chi connectivity index (χ2n) is 5.55. The Balaban J connectivity index is 2.13. The molecule has 0 aliphatic carbocycles. The molecule has 2 heterocycles. The first-order valence-electron chi connectivity index (χ1n) is 7.22. The van der Waals surface area contributed by atoms with E-state index in [0.29, 0.717) is 11.2 Å². The number of hydrogen-bond acceptors (Lipinski definition) is 5. The van der Waals surface area contributed by atoms with Gasteiger partial charge in [0.05, 0.1) is 16.9 Å². The van der Waals surface area contributed by atoms with Crippen LogP contribution in [0.15, 0.2) is 34.2 Å². The third-order valence-electron chi connectivity index (χ3n) is 3.67. The van der Waals surface area contributed by atoms with Crippen LogP contribution in [0.4, 0.5) is 13.2 Å². The quantitative estimate of drug-likeness (QED) is 0.747. The summed E-state index contributed by atoms with van der Waals surface area (Å²) in [7, 11) is -4.51. The van der Waals surface area contributed by atoms with Crippen LogP contribution < -0.4 is 0 Å². The molecule has 0 bridgehead atoms. The number of rotatable bonds is 3. The van der Waals surface area contributed by atoms with Crippen molar-refractivity contribution in [3.63, 3.8) is 0 Å². The van der Waals surface area contributed by atoms with E-state index < -0.39 is 38.3 Å². The first-order chi connectivity index (χ1) is 11.6. The van der Waals surface area contributed by atoms with E-state index in [9.17, 15) is 21.6 Å². The largest absolute Gasteiger partial charge is 0.438 e. The van der Waals surface area contributed by atoms with Crippen molar-refractivity contribution in [3.8, 4) is 0 Å². The maximum absolute atomic E-state index is 13.3. The zero-order chi connectivity index (χ0) is 18.4. The van der Waals surface area contributed by atoms with Gasteiger partial charge < -0.3 is 4.74 Å². The van der Waals surface area contributed by atoms with E-state index in [-0.39, 0.29) is 11.5 Å². The molecule has 0 radical (unpaired) electrons. The van der Waals surface area contributed by atoms with Gasteiger partial charge in [0, 0.05) is 0 Å². The zero-order valence-electron chi connectivity index (χ0n) is 12.9. The average molecular weight is 396 g/mol. The maximum Gasteiger partial charge on any atom is 0.438 e. The fourth-order valence-electron chi connectivity index (χ4n) is 2.37. The molecule has 1 aromatic heterocycles. The number of ether oxygens (including phenoxy) is 1. The monoisotopic (exact) mass is 395 g/mol. The minimum Gasteiger partial charge on any atom is -0.353 e. The predicted molar refractivity (Wildman–Crippen MR) is 80.9 cm³/mol. The van der Waals surface area contributed by atoms with Gasteiger partial charge in [-0.15, -0.1) is 21.8 Å². The van der Waals surface area contributed by atoms with Crippen molar-refractivity contribution in [2.75, 3.05) is 6.61 Å². The Morgan fingerprint density at radius 2 is 1.88 bits per heavy atom. The molecular weight excluding hydrogens is 383 g/mol. The van der Waals surface area contributed by atoms with Crippen molar-refractivity contribution >= 4 is 21.4 Å². The molecule has 1 aromatic carbocycles. The van der Waals surface area contributed by atoms with Crippen LogP contribution in [0.5, 0.6) is 0 Å². The van der Waals surface area contributed by atoms with Gasteiger partial charge in [-0.25, -0.2) is 8.42 Å². The summed E-state index contributed by atoms with van der Waals surface area (Å²) < 4.78 is 70.4. The first kappa shape index (κ1) is 18.2. The Bertz CT molecular complexity index is 881. The summed E-state index contributed by atoms with van der Waals surface area (Å²) in [6, 6.07) is 5.42. The van der Waals surface area contributed by atoms with E-state index in [4.69, 9.17) is 16.3 Å². The number of benzene rings is 1. The number of sulfone groups is 1. The summed E-state index contributed by atoms with van der Waals surface area (Å²) >= 11 is 5.98. The van der Waals surface area contributed by atoms with Crippen LogP contribution in [0, 0.1) is 6.92 Å². The lowest BCUT2D eigenvalue weighted by molar-refractivity contribution is -0.144. The lowest BCUT2D eigenvalue weighted by atomic mass is 10.2. The first-order valence-corrected chi connectivity index (χ1v) is 9.14. The molecule has 11 heteroatoms. The van der Waals surface area contributed by atoms with Crippen LogP contribution in [0.1, 0.15) is 23.9 Å². The molecule has 3 rings (SSSR count). The Labute approximate surface area is 146 Å². The van der Waals surface area contributed by atoms with Gasteiger partial charge >= 0.3 is 6.18 Å². The van der Waals surface area contributed by atoms with Crippen molar-refractivity contribution < 1.29 is 26.3 Å². The van der Waals surface area contributed by atoms with Gasteiger partial charge in [0.1, 0.15) is 0 Å². The van der Waals surface area contributed by atoms with Gasteiger partial charge in [-0.3, -0.25) is 0 Å². The normalized spacial score (nSPS) is 21.6. The highest BCUT2D eigenvalue weighted by Crippen LogP contribution is 2.36. The highest BCUT2D eigenvalue weighted by Gasteiger charge is 2.44. The lowest BCUT2D eigenvalue weighted by Gasteiger charge is -2.11. The van der Waals surface area contributed by atoms with Crippen molar-refractivity contribution in [1.82, 2.24) is 15.0 Å². The molecule has 136 valence electrons. The Hall–Kier alpha value is -1.65. The van der Waals surface area contributed by atoms with E-state index in [2.05, 4.69) is 10.2 Å². The SMILES string of the molecule is Cc1ccc(S(=O)(=O)c2nn([C@@H]3OCC[C@H]3Cl)nc2C(F)(F)F)cc1. The molecule has 2 atom stereocenters. The number of aromatic nitrogens is 3. The molecule has 0 amide bonds. The van der Waals surface area contributed by atoms with E-state index in [1.807, 2.05) is 0 Å². The number of hydrogen-bond donors (Lipinski definition) is 0. The number of halogens is 4. The van der Waals surface area contributed by atoms with Gasteiger partial charge in [0.2, 0.25) is 20.6 Å². The summed E-state index contributed by atoms with van der Waals surface area (Å²) in [5.41, 5.74) is -0.824. The van der Waals surface area contributed by atoms with E-state index in [1.165, 1.54) is 24.3 Å². The van der Waals surface area contributed by atoms with Crippen molar-refractivity contribution in [3.05, 3.63) is 35.5 Å². The number of aryl methyl sites for hydroxylation is 1. The fraction of sp³-hybridized carbons (Fsp3) is 0.429. The van der Waals surface area contributed by atoms with Gasteiger partial charge in [0.25, 0.3) is 0 Å². The van der Waals surface area contributed by atoms with Gasteiger partial charge in [-0.05, 0) is 25.5 Å². The Kier molecular flexibility index (Phi) is 4.54. The van der Waals surface area contributed by atoms with E-state index in [1.54, 1.807) is 6.92 Å². The van der Waals surface area contributed by atoms with Crippen LogP contribution in [0.2, 0.25) is 0 Å². The predicted octanol–water partition coefficient (Wildman–Crippen LogP) is 2.96. The van der Waals surface area contributed by atoms with Gasteiger partial charge in [-0.1, -0.05) is 17.7 Å². The Morgan fingerprint density at radius 3 is 2.40 bits per heavy atom. The summed E-state index contributed by atoms with van der Waals surface area (Å²) in [4.78, 5) is 0.291. The fourth-order valence-corrected chi connectivity index (χ4v) is 3.95. The standard InChI is InChI=1S/C14H13ClF3N3O3S/c1-8-2-4-9(5-3-8)25(22,23)12-11(14(16,17)18)19-21(20-12)13-10(15)6-7-24-13/h2-5,10,13H,6-7H2,1H3/t10-,13-/m1/s1. The van der Waals surface area contributed by atoms with Crippen LogP contribution in [-0.2, 0) is 20.8 Å². The van der Waals surface area contributed by atoms with E-state index in [0.717, 1.165) is 5.56 Å². The maximum atomic E-state index is 13.3.